The number of benzene rings is 2. The maximum absolute atomic E-state index is 13.5. The summed E-state index contributed by atoms with van der Waals surface area (Å²) in [5.74, 6) is -0.0700. The van der Waals surface area contributed by atoms with Crippen LogP contribution in [0.2, 0.25) is 0 Å². The number of methoxy groups -OCH3 is 1. The molecule has 2 rings (SSSR count). The Morgan fingerprint density at radius 3 is 2.12 bits per heavy atom. The molecule has 0 aliphatic rings. The first-order valence-corrected chi connectivity index (χ1v) is 12.7. The van der Waals surface area contributed by atoms with Crippen LogP contribution in [0.3, 0.4) is 0 Å². The fourth-order valence-electron chi connectivity index (χ4n) is 3.44. The number of sulfonamides is 1. The number of hydrogen-bond donors (Lipinski definition) is 1. The van der Waals surface area contributed by atoms with Gasteiger partial charge in [0.25, 0.3) is 0 Å². The summed E-state index contributed by atoms with van der Waals surface area (Å²) in [5, 5.41) is 2.86. The van der Waals surface area contributed by atoms with Crippen molar-refractivity contribution in [3.63, 3.8) is 0 Å². The van der Waals surface area contributed by atoms with Gasteiger partial charge in [0.1, 0.15) is 18.3 Å². The summed E-state index contributed by atoms with van der Waals surface area (Å²) < 4.78 is 31.3. The predicted octanol–water partition coefficient (Wildman–Crippen LogP) is 2.79. The van der Waals surface area contributed by atoms with Gasteiger partial charge in [-0.2, -0.15) is 0 Å². The molecule has 0 radical (unpaired) electrons. The van der Waals surface area contributed by atoms with Crippen LogP contribution < -0.4 is 14.4 Å². The summed E-state index contributed by atoms with van der Waals surface area (Å²) in [4.78, 5) is 27.9. The van der Waals surface area contributed by atoms with Gasteiger partial charge in [-0.15, -0.1) is 0 Å². The zero-order chi connectivity index (χ0) is 24.6. The van der Waals surface area contributed by atoms with E-state index < -0.39 is 28.5 Å². The molecule has 0 bridgehead atoms. The van der Waals surface area contributed by atoms with E-state index in [-0.39, 0.29) is 18.5 Å². The van der Waals surface area contributed by atoms with E-state index >= 15 is 0 Å². The average Bonchev–Trinajstić information content (AvgIpc) is 2.77. The van der Waals surface area contributed by atoms with Crippen LogP contribution in [0.1, 0.15) is 32.8 Å². The predicted molar refractivity (Wildman–Crippen MR) is 130 cm³/mol. The van der Waals surface area contributed by atoms with Gasteiger partial charge in [-0.1, -0.05) is 37.3 Å². The number of para-hydroxylation sites is 1. The maximum atomic E-state index is 13.5. The second-order valence-electron chi connectivity index (χ2n) is 8.06. The summed E-state index contributed by atoms with van der Waals surface area (Å²) >= 11 is 0. The van der Waals surface area contributed by atoms with Crippen molar-refractivity contribution in [1.29, 1.82) is 0 Å². The van der Waals surface area contributed by atoms with Gasteiger partial charge in [0.05, 0.1) is 19.1 Å². The highest BCUT2D eigenvalue weighted by Gasteiger charge is 2.31. The van der Waals surface area contributed by atoms with E-state index in [1.54, 1.807) is 49.6 Å². The van der Waals surface area contributed by atoms with Gasteiger partial charge in [-0.25, -0.2) is 8.42 Å². The van der Waals surface area contributed by atoms with Crippen molar-refractivity contribution in [1.82, 2.24) is 10.2 Å². The standard InChI is InChI=1S/C24H33N3O5S/c1-6-22(24(29)25-18(2)3)26(16-19-12-14-21(32-4)15-13-19)23(28)17-27(33(5,30)31)20-10-8-7-9-11-20/h7-15,18,22H,6,16-17H2,1-5H3,(H,25,29)/t22-/m0/s1. The Kier molecular flexibility index (Phi) is 9.28. The lowest BCUT2D eigenvalue weighted by Gasteiger charge is -2.33. The Labute approximate surface area is 196 Å². The number of nitrogens with one attached hydrogen (secondary N) is 1. The third-order valence-corrected chi connectivity index (χ3v) is 6.19. The highest BCUT2D eigenvalue weighted by atomic mass is 32.2. The minimum atomic E-state index is -3.73. The van der Waals surface area contributed by atoms with Crippen LogP contribution >= 0.6 is 0 Å². The molecule has 0 heterocycles. The lowest BCUT2D eigenvalue weighted by Crippen LogP contribution is -2.53. The molecule has 0 saturated heterocycles. The Bertz CT molecular complexity index is 1020. The number of hydrogen-bond acceptors (Lipinski definition) is 5. The summed E-state index contributed by atoms with van der Waals surface area (Å²) in [6, 6.07) is 14.8. The maximum Gasteiger partial charge on any atom is 0.244 e. The number of anilines is 1. The molecule has 180 valence electrons. The Morgan fingerprint density at radius 2 is 1.64 bits per heavy atom. The fraction of sp³-hybridized carbons (Fsp3) is 0.417. The van der Waals surface area contributed by atoms with Crippen LogP contribution in [-0.4, -0.2) is 57.1 Å². The van der Waals surface area contributed by atoms with E-state index in [0.29, 0.717) is 17.9 Å². The smallest absolute Gasteiger partial charge is 0.244 e. The van der Waals surface area contributed by atoms with E-state index in [4.69, 9.17) is 4.74 Å². The van der Waals surface area contributed by atoms with Gasteiger partial charge in [-0.05, 0) is 50.1 Å². The molecule has 0 aromatic heterocycles. The molecule has 2 aromatic carbocycles. The molecule has 1 atom stereocenters. The van der Waals surface area contributed by atoms with Crippen molar-refractivity contribution in [2.24, 2.45) is 0 Å². The molecule has 0 fully saturated rings. The van der Waals surface area contributed by atoms with Gasteiger partial charge < -0.3 is 15.0 Å². The molecular formula is C24H33N3O5S. The third-order valence-electron chi connectivity index (χ3n) is 5.05. The van der Waals surface area contributed by atoms with Gasteiger partial charge >= 0.3 is 0 Å². The SMILES string of the molecule is CC[C@@H](C(=O)NC(C)C)N(Cc1ccc(OC)cc1)C(=O)CN(c1ccccc1)S(C)(=O)=O. The zero-order valence-corrected chi connectivity index (χ0v) is 20.6. The Morgan fingerprint density at radius 1 is 1.03 bits per heavy atom. The van der Waals surface area contributed by atoms with E-state index in [2.05, 4.69) is 5.32 Å². The summed E-state index contributed by atoms with van der Waals surface area (Å²) in [7, 11) is -2.16. The van der Waals surface area contributed by atoms with Crippen molar-refractivity contribution in [3.05, 3.63) is 60.2 Å². The van der Waals surface area contributed by atoms with E-state index in [9.17, 15) is 18.0 Å². The summed E-state index contributed by atoms with van der Waals surface area (Å²) in [6.45, 7) is 5.26. The molecule has 9 heteroatoms. The van der Waals surface area contributed by atoms with Gasteiger partial charge in [0.15, 0.2) is 0 Å². The van der Waals surface area contributed by atoms with Crippen molar-refractivity contribution in [2.75, 3.05) is 24.2 Å². The number of carbonyl (C=O) groups excluding carboxylic acids is 2. The van der Waals surface area contributed by atoms with Gasteiger partial charge in [0, 0.05) is 12.6 Å². The number of amides is 2. The first kappa shape index (κ1) is 26.2. The molecule has 0 aliphatic heterocycles. The van der Waals surface area contributed by atoms with Gasteiger partial charge in [0.2, 0.25) is 21.8 Å². The van der Waals surface area contributed by atoms with Crippen LogP contribution in [0.25, 0.3) is 0 Å². The van der Waals surface area contributed by atoms with Crippen molar-refractivity contribution < 1.29 is 22.7 Å². The lowest BCUT2D eigenvalue weighted by atomic mass is 10.1. The molecule has 1 N–H and O–H groups in total. The summed E-state index contributed by atoms with van der Waals surface area (Å²) in [5.41, 5.74) is 1.18. The first-order valence-electron chi connectivity index (χ1n) is 10.8. The number of nitrogens with zero attached hydrogens (tertiary/aromatic N) is 2. The van der Waals surface area contributed by atoms with E-state index in [0.717, 1.165) is 16.1 Å². The summed E-state index contributed by atoms with van der Waals surface area (Å²) in [6.07, 6.45) is 1.44. The molecule has 33 heavy (non-hydrogen) atoms. The molecular weight excluding hydrogens is 442 g/mol. The van der Waals surface area contributed by atoms with Crippen LogP contribution in [0.15, 0.2) is 54.6 Å². The highest BCUT2D eigenvalue weighted by molar-refractivity contribution is 7.92. The second-order valence-corrected chi connectivity index (χ2v) is 9.97. The third kappa shape index (κ3) is 7.49. The quantitative estimate of drug-likeness (QED) is 0.539. The van der Waals surface area contributed by atoms with Gasteiger partial charge in [-0.3, -0.25) is 13.9 Å². The largest absolute Gasteiger partial charge is 0.497 e. The normalized spacial score (nSPS) is 12.2. The zero-order valence-electron chi connectivity index (χ0n) is 19.8. The Balaban J connectivity index is 2.40. The molecule has 8 nitrogen and oxygen atoms in total. The molecule has 2 amide bonds. The monoisotopic (exact) mass is 475 g/mol. The second kappa shape index (κ2) is 11.7. The Hall–Kier alpha value is -3.07. The number of rotatable bonds is 11. The van der Waals surface area contributed by atoms with Crippen molar-refractivity contribution in [3.8, 4) is 5.75 Å². The van der Waals surface area contributed by atoms with Crippen LogP contribution in [-0.2, 0) is 26.2 Å². The van der Waals surface area contributed by atoms with Crippen LogP contribution in [0, 0.1) is 0 Å². The topological polar surface area (TPSA) is 96.0 Å². The minimum Gasteiger partial charge on any atom is -0.497 e. The van der Waals surface area contributed by atoms with Crippen molar-refractivity contribution >= 4 is 27.5 Å². The van der Waals surface area contributed by atoms with Crippen molar-refractivity contribution in [2.45, 2.75) is 45.8 Å². The molecule has 0 aliphatic carbocycles. The lowest BCUT2D eigenvalue weighted by molar-refractivity contribution is -0.140. The van der Waals surface area contributed by atoms with E-state index in [1.807, 2.05) is 32.9 Å². The minimum absolute atomic E-state index is 0.0960. The molecule has 2 aromatic rings. The molecule has 0 saturated carbocycles. The molecule has 0 unspecified atom stereocenters. The number of carbonyl (C=O) groups is 2. The number of ether oxygens (including phenoxy) is 1. The fourth-order valence-corrected chi connectivity index (χ4v) is 4.29. The average molecular weight is 476 g/mol. The van der Waals surface area contributed by atoms with Crippen LogP contribution in [0.4, 0.5) is 5.69 Å². The van der Waals surface area contributed by atoms with E-state index in [1.165, 1.54) is 4.90 Å². The highest BCUT2D eigenvalue weighted by Crippen LogP contribution is 2.20. The first-order chi connectivity index (χ1) is 15.6. The molecule has 0 spiro atoms. The van der Waals surface area contributed by atoms with Crippen LogP contribution in [0.5, 0.6) is 5.75 Å².